The summed E-state index contributed by atoms with van der Waals surface area (Å²) in [5.41, 5.74) is 0.588. The van der Waals surface area contributed by atoms with Crippen molar-refractivity contribution in [3.8, 4) is 0 Å². The first-order chi connectivity index (χ1) is 9.45. The minimum atomic E-state index is -0.359. The highest BCUT2D eigenvalue weighted by Gasteiger charge is 2.09. The van der Waals surface area contributed by atoms with Crippen LogP contribution in [0.15, 0.2) is 24.3 Å². The summed E-state index contributed by atoms with van der Waals surface area (Å²) in [6, 6.07) is 5.11. The maximum absolute atomic E-state index is 11.8. The average Bonchev–Trinajstić information content (AvgIpc) is 2.43. The Morgan fingerprint density at radius 2 is 1.90 bits per heavy atom. The zero-order chi connectivity index (χ0) is 15.1. The highest BCUT2D eigenvalue weighted by Crippen LogP contribution is 2.25. The zero-order valence-electron chi connectivity index (χ0n) is 11.2. The molecule has 0 N–H and O–H groups in total. The van der Waals surface area contributed by atoms with Crippen molar-refractivity contribution in [1.29, 1.82) is 0 Å². The van der Waals surface area contributed by atoms with Crippen LogP contribution in [0.3, 0.4) is 0 Å². The Morgan fingerprint density at radius 1 is 1.30 bits per heavy atom. The minimum absolute atomic E-state index is 0.152. The van der Waals surface area contributed by atoms with Gasteiger partial charge in [-0.3, -0.25) is 9.59 Å². The van der Waals surface area contributed by atoms with Crippen LogP contribution in [0.1, 0.15) is 12.0 Å². The number of likely N-dealkylation sites (N-methyl/N-ethyl adjacent to an activating group) is 1. The Labute approximate surface area is 127 Å². The SMILES string of the molecule is COC(=O)CCN(C)C(=O)C=Cc1c(Cl)cccc1Cl. The summed E-state index contributed by atoms with van der Waals surface area (Å²) in [5.74, 6) is -0.604. The number of carbonyl (C=O) groups is 2. The number of hydrogen-bond donors (Lipinski definition) is 0. The summed E-state index contributed by atoms with van der Waals surface area (Å²) < 4.78 is 4.51. The summed E-state index contributed by atoms with van der Waals surface area (Å²) in [6.07, 6.45) is 3.07. The third kappa shape index (κ3) is 4.87. The van der Waals surface area contributed by atoms with Gasteiger partial charge in [-0.2, -0.15) is 0 Å². The molecule has 4 nitrogen and oxygen atoms in total. The van der Waals surface area contributed by atoms with Crippen LogP contribution in [-0.2, 0) is 14.3 Å². The predicted octanol–water partition coefficient (Wildman–Crippen LogP) is 3.03. The quantitative estimate of drug-likeness (QED) is 0.620. The molecule has 0 saturated carbocycles. The smallest absolute Gasteiger partial charge is 0.307 e. The van der Waals surface area contributed by atoms with E-state index in [0.29, 0.717) is 15.6 Å². The third-order valence-corrected chi connectivity index (χ3v) is 3.31. The van der Waals surface area contributed by atoms with E-state index in [9.17, 15) is 9.59 Å². The van der Waals surface area contributed by atoms with E-state index in [-0.39, 0.29) is 24.8 Å². The van der Waals surface area contributed by atoms with E-state index in [2.05, 4.69) is 4.74 Å². The first kappa shape index (κ1) is 16.5. The van der Waals surface area contributed by atoms with Gasteiger partial charge < -0.3 is 9.64 Å². The van der Waals surface area contributed by atoms with Gasteiger partial charge in [-0.1, -0.05) is 29.3 Å². The van der Waals surface area contributed by atoms with Gasteiger partial charge in [-0.05, 0) is 18.2 Å². The van der Waals surface area contributed by atoms with Crippen molar-refractivity contribution in [3.05, 3.63) is 39.9 Å². The maximum atomic E-state index is 11.8. The number of nitrogens with zero attached hydrogens (tertiary/aromatic N) is 1. The Kier molecular flexibility index (Phi) is 6.55. The van der Waals surface area contributed by atoms with Crippen LogP contribution in [0.25, 0.3) is 6.08 Å². The molecular formula is C14H15Cl2NO3. The maximum Gasteiger partial charge on any atom is 0.307 e. The molecule has 1 aromatic carbocycles. The van der Waals surface area contributed by atoms with Gasteiger partial charge in [0.15, 0.2) is 0 Å². The highest BCUT2D eigenvalue weighted by atomic mass is 35.5. The fourth-order valence-electron chi connectivity index (χ4n) is 1.42. The largest absolute Gasteiger partial charge is 0.469 e. The number of halogens is 2. The molecule has 0 unspecified atom stereocenters. The number of hydrogen-bond acceptors (Lipinski definition) is 3. The lowest BCUT2D eigenvalue weighted by Crippen LogP contribution is -2.27. The van der Waals surface area contributed by atoms with E-state index in [1.165, 1.54) is 18.1 Å². The van der Waals surface area contributed by atoms with Crippen molar-refractivity contribution in [3.63, 3.8) is 0 Å². The molecule has 0 aliphatic carbocycles. The highest BCUT2D eigenvalue weighted by molar-refractivity contribution is 6.37. The average molecular weight is 316 g/mol. The summed E-state index contributed by atoms with van der Waals surface area (Å²) in [7, 11) is 2.91. The van der Waals surface area contributed by atoms with Gasteiger partial charge in [0, 0.05) is 35.3 Å². The van der Waals surface area contributed by atoms with Crippen LogP contribution in [0, 0.1) is 0 Å². The summed E-state index contributed by atoms with van der Waals surface area (Å²) in [5, 5.41) is 0.942. The second-order valence-electron chi connectivity index (χ2n) is 4.05. The number of ether oxygens (including phenoxy) is 1. The van der Waals surface area contributed by atoms with E-state index in [4.69, 9.17) is 23.2 Å². The number of benzene rings is 1. The second-order valence-corrected chi connectivity index (χ2v) is 4.87. The zero-order valence-corrected chi connectivity index (χ0v) is 12.7. The predicted molar refractivity (Wildman–Crippen MR) is 79.8 cm³/mol. The standard InChI is InChI=1S/C14H15Cl2NO3/c1-17(9-8-14(19)20-2)13(18)7-6-10-11(15)4-3-5-12(10)16/h3-7H,8-9H2,1-2H3. The van der Waals surface area contributed by atoms with Gasteiger partial charge in [-0.15, -0.1) is 0 Å². The molecule has 0 bridgehead atoms. The van der Waals surface area contributed by atoms with Gasteiger partial charge in [0.05, 0.1) is 13.5 Å². The summed E-state index contributed by atoms with van der Waals surface area (Å²) >= 11 is 12.0. The molecule has 1 amide bonds. The Morgan fingerprint density at radius 3 is 2.45 bits per heavy atom. The van der Waals surface area contributed by atoms with Gasteiger partial charge in [0.1, 0.15) is 0 Å². The van der Waals surface area contributed by atoms with Crippen molar-refractivity contribution in [2.75, 3.05) is 20.7 Å². The molecule has 0 saturated heterocycles. The number of amides is 1. The van der Waals surface area contributed by atoms with E-state index >= 15 is 0 Å². The molecule has 1 rings (SSSR count). The van der Waals surface area contributed by atoms with Crippen molar-refractivity contribution in [2.24, 2.45) is 0 Å². The third-order valence-electron chi connectivity index (χ3n) is 2.65. The Hall–Kier alpha value is -1.52. The lowest BCUT2D eigenvalue weighted by molar-refractivity contribution is -0.141. The molecule has 0 spiro atoms. The topological polar surface area (TPSA) is 46.6 Å². The van der Waals surface area contributed by atoms with Crippen molar-refractivity contribution < 1.29 is 14.3 Å². The number of carbonyl (C=O) groups excluding carboxylic acids is 2. The fraction of sp³-hybridized carbons (Fsp3) is 0.286. The van der Waals surface area contributed by atoms with Gasteiger partial charge in [0.25, 0.3) is 0 Å². The number of esters is 1. The van der Waals surface area contributed by atoms with Crippen molar-refractivity contribution >= 4 is 41.2 Å². The lowest BCUT2D eigenvalue weighted by atomic mass is 10.2. The first-order valence-corrected chi connectivity index (χ1v) is 6.65. The fourth-order valence-corrected chi connectivity index (χ4v) is 1.95. The van der Waals surface area contributed by atoms with Crippen LogP contribution < -0.4 is 0 Å². The molecule has 0 aliphatic heterocycles. The normalized spacial score (nSPS) is 10.6. The summed E-state index contributed by atoms with van der Waals surface area (Å²) in [4.78, 5) is 24.2. The minimum Gasteiger partial charge on any atom is -0.469 e. The molecule has 0 atom stereocenters. The Balaban J connectivity index is 2.65. The van der Waals surface area contributed by atoms with Gasteiger partial charge in [-0.25, -0.2) is 0 Å². The molecule has 1 aromatic rings. The molecule has 0 radical (unpaired) electrons. The van der Waals surface area contributed by atoms with E-state index in [1.807, 2.05) is 0 Å². The van der Waals surface area contributed by atoms with Crippen LogP contribution in [-0.4, -0.2) is 37.5 Å². The van der Waals surface area contributed by atoms with Crippen molar-refractivity contribution in [1.82, 2.24) is 4.90 Å². The van der Waals surface area contributed by atoms with Crippen LogP contribution >= 0.6 is 23.2 Å². The first-order valence-electron chi connectivity index (χ1n) is 5.89. The van der Waals surface area contributed by atoms with Crippen LogP contribution in [0.5, 0.6) is 0 Å². The Bertz CT molecular complexity index is 509. The van der Waals surface area contributed by atoms with E-state index in [1.54, 1.807) is 31.3 Å². The summed E-state index contributed by atoms with van der Waals surface area (Å²) in [6.45, 7) is 0.284. The molecule has 0 aromatic heterocycles. The second kappa shape index (κ2) is 7.92. The number of rotatable bonds is 5. The molecule has 0 heterocycles. The monoisotopic (exact) mass is 315 g/mol. The van der Waals surface area contributed by atoms with Crippen LogP contribution in [0.4, 0.5) is 0 Å². The molecule has 0 fully saturated rings. The van der Waals surface area contributed by atoms with E-state index < -0.39 is 0 Å². The number of methoxy groups -OCH3 is 1. The van der Waals surface area contributed by atoms with Gasteiger partial charge >= 0.3 is 5.97 Å². The molecule has 6 heteroatoms. The van der Waals surface area contributed by atoms with Crippen LogP contribution in [0.2, 0.25) is 10.0 Å². The molecular weight excluding hydrogens is 301 g/mol. The van der Waals surface area contributed by atoms with E-state index in [0.717, 1.165) is 0 Å². The lowest BCUT2D eigenvalue weighted by Gasteiger charge is -2.14. The molecule has 108 valence electrons. The van der Waals surface area contributed by atoms with Crippen molar-refractivity contribution in [2.45, 2.75) is 6.42 Å². The molecule has 0 aliphatic rings. The van der Waals surface area contributed by atoms with Gasteiger partial charge in [0.2, 0.25) is 5.91 Å². The molecule has 20 heavy (non-hydrogen) atoms.